The van der Waals surface area contributed by atoms with Crippen LogP contribution in [-0.4, -0.2) is 46.3 Å². The Labute approximate surface area is 137 Å². The van der Waals surface area contributed by atoms with Crippen LogP contribution in [0.2, 0.25) is 0 Å². The van der Waals surface area contributed by atoms with Gasteiger partial charge in [0, 0.05) is 19.6 Å². The van der Waals surface area contributed by atoms with E-state index in [1.807, 2.05) is 26.8 Å². The fourth-order valence-electron chi connectivity index (χ4n) is 2.60. The number of carbonyl (C=O) groups is 1. The van der Waals surface area contributed by atoms with Gasteiger partial charge in [-0.2, -0.15) is 0 Å². The van der Waals surface area contributed by atoms with Gasteiger partial charge in [0.15, 0.2) is 0 Å². The lowest BCUT2D eigenvalue weighted by molar-refractivity contribution is 0.0287. The first-order chi connectivity index (χ1) is 10.8. The molecular weight excluding hydrogens is 294 g/mol. The molecular formula is C17H27N3O3. The number of likely N-dealkylation sites (tertiary alicyclic amines) is 1. The minimum absolute atomic E-state index is 0.182. The predicted molar refractivity (Wildman–Crippen MR) is 88.1 cm³/mol. The Morgan fingerprint density at radius 1 is 1.48 bits per heavy atom. The number of rotatable bonds is 5. The van der Waals surface area contributed by atoms with Crippen molar-refractivity contribution in [3.05, 3.63) is 24.0 Å². The van der Waals surface area contributed by atoms with Gasteiger partial charge in [0.1, 0.15) is 11.4 Å². The van der Waals surface area contributed by atoms with Crippen LogP contribution in [0.5, 0.6) is 5.75 Å². The van der Waals surface area contributed by atoms with Crippen molar-refractivity contribution >= 4 is 6.09 Å². The molecule has 0 aliphatic carbocycles. The number of nitrogens with zero attached hydrogens (tertiary/aromatic N) is 2. The molecule has 23 heavy (non-hydrogen) atoms. The molecule has 6 nitrogen and oxygen atoms in total. The molecule has 2 N–H and O–H groups in total. The Hall–Kier alpha value is -1.82. The first-order valence-electron chi connectivity index (χ1n) is 8.16. The molecule has 0 aromatic carbocycles. The number of carbonyl (C=O) groups excluding carboxylic acids is 1. The summed E-state index contributed by atoms with van der Waals surface area (Å²) in [6.07, 6.45) is 3.30. The van der Waals surface area contributed by atoms with Gasteiger partial charge in [-0.25, -0.2) is 4.79 Å². The van der Waals surface area contributed by atoms with Crippen LogP contribution in [0.4, 0.5) is 4.79 Å². The zero-order chi connectivity index (χ0) is 16.9. The van der Waals surface area contributed by atoms with Crippen molar-refractivity contribution in [2.24, 2.45) is 5.92 Å². The van der Waals surface area contributed by atoms with Crippen LogP contribution in [-0.2, 0) is 11.3 Å². The third-order valence-corrected chi connectivity index (χ3v) is 3.78. The maximum atomic E-state index is 12.0. The average Bonchev–Trinajstić information content (AvgIpc) is 2.93. The minimum Gasteiger partial charge on any atom is -0.506 e. The highest BCUT2D eigenvalue weighted by Crippen LogP contribution is 2.21. The molecule has 2 rings (SSSR count). The number of pyridine rings is 1. The van der Waals surface area contributed by atoms with Gasteiger partial charge in [-0.05, 0) is 58.2 Å². The van der Waals surface area contributed by atoms with E-state index in [4.69, 9.17) is 4.74 Å². The van der Waals surface area contributed by atoms with E-state index in [2.05, 4.69) is 10.3 Å². The highest BCUT2D eigenvalue weighted by atomic mass is 16.6. The normalized spacial score (nSPS) is 18.2. The highest BCUT2D eigenvalue weighted by Gasteiger charge is 2.29. The molecule has 1 fully saturated rings. The lowest BCUT2D eigenvalue weighted by Crippen LogP contribution is -2.35. The van der Waals surface area contributed by atoms with Crippen LogP contribution >= 0.6 is 0 Å². The fraction of sp³-hybridized carbons (Fsp3) is 0.647. The summed E-state index contributed by atoms with van der Waals surface area (Å²) in [6.45, 7) is 8.78. The number of ether oxygens (including phenoxy) is 1. The molecule has 0 radical (unpaired) electrons. The Bertz CT molecular complexity index is 511. The molecule has 1 aliphatic heterocycles. The van der Waals surface area contributed by atoms with Gasteiger partial charge in [0.2, 0.25) is 0 Å². The Morgan fingerprint density at radius 2 is 2.26 bits per heavy atom. The molecule has 2 heterocycles. The van der Waals surface area contributed by atoms with Crippen molar-refractivity contribution in [3.8, 4) is 5.75 Å². The van der Waals surface area contributed by atoms with Crippen molar-refractivity contribution in [2.75, 3.05) is 19.6 Å². The minimum atomic E-state index is -0.437. The van der Waals surface area contributed by atoms with E-state index in [-0.39, 0.29) is 11.8 Å². The van der Waals surface area contributed by atoms with E-state index in [0.29, 0.717) is 12.5 Å². The third kappa shape index (κ3) is 6.06. The molecule has 1 saturated heterocycles. The summed E-state index contributed by atoms with van der Waals surface area (Å²) in [7, 11) is 0. The van der Waals surface area contributed by atoms with E-state index in [1.54, 1.807) is 11.0 Å². The second-order valence-corrected chi connectivity index (χ2v) is 7.05. The Kier molecular flexibility index (Phi) is 5.82. The Morgan fingerprint density at radius 3 is 2.91 bits per heavy atom. The molecule has 0 spiro atoms. The van der Waals surface area contributed by atoms with Gasteiger partial charge >= 0.3 is 6.09 Å². The number of hydrogen-bond acceptors (Lipinski definition) is 5. The molecule has 1 aromatic rings. The van der Waals surface area contributed by atoms with Gasteiger partial charge in [-0.3, -0.25) is 4.98 Å². The van der Waals surface area contributed by atoms with Gasteiger partial charge in [-0.1, -0.05) is 0 Å². The van der Waals surface area contributed by atoms with Gasteiger partial charge < -0.3 is 20.1 Å². The topological polar surface area (TPSA) is 74.7 Å². The van der Waals surface area contributed by atoms with Crippen molar-refractivity contribution in [3.63, 3.8) is 0 Å². The number of aromatic nitrogens is 1. The molecule has 1 atom stereocenters. The molecule has 128 valence electrons. The summed E-state index contributed by atoms with van der Waals surface area (Å²) in [6, 6.07) is 3.45. The van der Waals surface area contributed by atoms with Gasteiger partial charge in [-0.15, -0.1) is 0 Å². The number of aromatic hydroxyl groups is 1. The quantitative estimate of drug-likeness (QED) is 0.815. The van der Waals surface area contributed by atoms with Gasteiger partial charge in [0.25, 0.3) is 0 Å². The van der Waals surface area contributed by atoms with Crippen LogP contribution in [0.25, 0.3) is 0 Å². The number of hydrogen-bond donors (Lipinski definition) is 2. The SMILES string of the molecule is CC(C)(C)OC(=O)N1CCC(CCNCc2ccc(O)cn2)C1. The second-order valence-electron chi connectivity index (χ2n) is 7.05. The average molecular weight is 321 g/mol. The maximum absolute atomic E-state index is 12.0. The predicted octanol–water partition coefficient (Wildman–Crippen LogP) is 2.52. The summed E-state index contributed by atoms with van der Waals surface area (Å²) < 4.78 is 5.41. The summed E-state index contributed by atoms with van der Waals surface area (Å²) >= 11 is 0. The van der Waals surface area contributed by atoms with E-state index >= 15 is 0 Å². The third-order valence-electron chi connectivity index (χ3n) is 3.78. The Balaban J connectivity index is 1.64. The summed E-state index contributed by atoms with van der Waals surface area (Å²) in [5.41, 5.74) is 0.470. The molecule has 0 bridgehead atoms. The number of nitrogens with one attached hydrogen (secondary N) is 1. The lowest BCUT2D eigenvalue weighted by Gasteiger charge is -2.24. The first-order valence-corrected chi connectivity index (χ1v) is 8.16. The van der Waals surface area contributed by atoms with E-state index in [9.17, 15) is 9.90 Å². The first kappa shape index (κ1) is 17.5. The van der Waals surface area contributed by atoms with Gasteiger partial charge in [0.05, 0.1) is 11.9 Å². The number of amides is 1. The lowest BCUT2D eigenvalue weighted by atomic mass is 10.1. The molecule has 6 heteroatoms. The van der Waals surface area contributed by atoms with Crippen LogP contribution < -0.4 is 5.32 Å². The van der Waals surface area contributed by atoms with Crippen molar-refractivity contribution < 1.29 is 14.6 Å². The molecule has 1 aliphatic rings. The van der Waals surface area contributed by atoms with E-state index < -0.39 is 5.60 Å². The second kappa shape index (κ2) is 7.64. The van der Waals surface area contributed by atoms with E-state index in [0.717, 1.165) is 38.2 Å². The van der Waals surface area contributed by atoms with Crippen LogP contribution in [0.15, 0.2) is 18.3 Å². The zero-order valence-electron chi connectivity index (χ0n) is 14.2. The van der Waals surface area contributed by atoms with Crippen LogP contribution in [0.1, 0.15) is 39.3 Å². The molecule has 0 saturated carbocycles. The van der Waals surface area contributed by atoms with Crippen molar-refractivity contribution in [1.29, 1.82) is 0 Å². The molecule has 1 unspecified atom stereocenters. The summed E-state index contributed by atoms with van der Waals surface area (Å²) in [5, 5.41) is 12.5. The fourth-order valence-corrected chi connectivity index (χ4v) is 2.60. The van der Waals surface area contributed by atoms with Crippen LogP contribution in [0, 0.1) is 5.92 Å². The van der Waals surface area contributed by atoms with Crippen LogP contribution in [0.3, 0.4) is 0 Å². The monoisotopic (exact) mass is 321 g/mol. The van der Waals surface area contributed by atoms with Crippen molar-refractivity contribution in [1.82, 2.24) is 15.2 Å². The van der Waals surface area contributed by atoms with E-state index in [1.165, 1.54) is 6.20 Å². The smallest absolute Gasteiger partial charge is 0.410 e. The summed E-state index contributed by atoms with van der Waals surface area (Å²) in [5.74, 6) is 0.699. The largest absolute Gasteiger partial charge is 0.506 e. The zero-order valence-corrected chi connectivity index (χ0v) is 14.2. The standard InChI is InChI=1S/C17H27N3O3/c1-17(2,3)23-16(22)20-9-7-13(12-20)6-8-18-10-14-4-5-15(21)11-19-14/h4-5,11,13,18,21H,6-10,12H2,1-3H3. The highest BCUT2D eigenvalue weighted by molar-refractivity contribution is 5.68. The maximum Gasteiger partial charge on any atom is 0.410 e. The molecule has 1 aromatic heterocycles. The summed E-state index contributed by atoms with van der Waals surface area (Å²) in [4.78, 5) is 17.9. The molecule has 1 amide bonds. The van der Waals surface area contributed by atoms with Crippen molar-refractivity contribution in [2.45, 2.75) is 45.8 Å².